The second kappa shape index (κ2) is 8.17. The molecule has 0 radical (unpaired) electrons. The number of nitrogens with zero attached hydrogens (tertiary/aromatic N) is 2. The minimum Gasteiger partial charge on any atom is -0.478 e. The molecule has 8 nitrogen and oxygen atoms in total. The molecule has 28 heavy (non-hydrogen) atoms. The predicted molar refractivity (Wildman–Crippen MR) is 107 cm³/mol. The number of benzene rings is 2. The zero-order valence-corrected chi connectivity index (χ0v) is 15.4. The molecule has 2 aromatic carbocycles. The number of carboxylic acid groups (broad SMARTS) is 1. The smallest absolute Gasteiger partial charge is 0.337 e. The Morgan fingerprint density at radius 1 is 0.929 bits per heavy atom. The van der Waals surface area contributed by atoms with Crippen molar-refractivity contribution in [3.05, 3.63) is 65.9 Å². The molecule has 1 aromatic heterocycles. The second-order valence-electron chi connectivity index (χ2n) is 6.08. The average Bonchev–Trinajstić information content (AvgIpc) is 2.61. The first-order valence-corrected chi connectivity index (χ1v) is 8.50. The van der Waals surface area contributed by atoms with Crippen LogP contribution in [0, 0.1) is 6.92 Å². The number of amides is 1. The van der Waals surface area contributed by atoms with Crippen molar-refractivity contribution in [3.8, 4) is 0 Å². The number of carbonyl (C=O) groups excluding carboxylic acids is 1. The second-order valence-corrected chi connectivity index (χ2v) is 6.08. The van der Waals surface area contributed by atoms with E-state index in [2.05, 4.69) is 25.9 Å². The SMILES string of the molecule is CC(=O)Nc1cccc(Nc2nc(C)cc(Nc3ccccc3C(=O)O)n2)c1. The van der Waals surface area contributed by atoms with Gasteiger partial charge in [0.15, 0.2) is 0 Å². The summed E-state index contributed by atoms with van der Waals surface area (Å²) in [5.41, 5.74) is 2.64. The summed E-state index contributed by atoms with van der Waals surface area (Å²) in [6.45, 7) is 3.26. The number of aromatic carboxylic acids is 1. The zero-order chi connectivity index (χ0) is 20.1. The van der Waals surface area contributed by atoms with Crippen LogP contribution >= 0.6 is 0 Å². The van der Waals surface area contributed by atoms with Crippen molar-refractivity contribution in [1.29, 1.82) is 0 Å². The lowest BCUT2D eigenvalue weighted by molar-refractivity contribution is -0.114. The number of rotatable bonds is 6. The van der Waals surface area contributed by atoms with Crippen molar-refractivity contribution in [3.63, 3.8) is 0 Å². The van der Waals surface area contributed by atoms with E-state index < -0.39 is 5.97 Å². The van der Waals surface area contributed by atoms with Crippen LogP contribution < -0.4 is 16.0 Å². The number of hydrogen-bond donors (Lipinski definition) is 4. The molecule has 1 heterocycles. The highest BCUT2D eigenvalue weighted by Gasteiger charge is 2.11. The van der Waals surface area contributed by atoms with Crippen molar-refractivity contribution in [2.24, 2.45) is 0 Å². The van der Waals surface area contributed by atoms with Crippen LogP contribution in [0.4, 0.5) is 28.8 Å². The highest BCUT2D eigenvalue weighted by Crippen LogP contribution is 2.23. The van der Waals surface area contributed by atoms with Crippen molar-refractivity contribution >= 4 is 40.7 Å². The number of carbonyl (C=O) groups is 2. The molecule has 8 heteroatoms. The summed E-state index contributed by atoms with van der Waals surface area (Å²) in [5.74, 6) is -0.383. The number of hydrogen-bond acceptors (Lipinski definition) is 6. The molecule has 4 N–H and O–H groups in total. The van der Waals surface area contributed by atoms with E-state index in [0.29, 0.717) is 34.5 Å². The van der Waals surface area contributed by atoms with Gasteiger partial charge in [-0.3, -0.25) is 4.79 Å². The number of anilines is 5. The molecule has 0 fully saturated rings. The Bertz CT molecular complexity index is 1040. The molecular formula is C20H19N5O3. The Kier molecular flexibility index (Phi) is 5.50. The molecule has 0 saturated carbocycles. The van der Waals surface area contributed by atoms with E-state index in [1.165, 1.54) is 13.0 Å². The first kappa shape index (κ1) is 18.8. The summed E-state index contributed by atoms with van der Waals surface area (Å²) in [6, 6.07) is 15.5. The molecule has 3 rings (SSSR count). The van der Waals surface area contributed by atoms with E-state index in [1.54, 1.807) is 42.5 Å². The molecule has 142 valence electrons. The fourth-order valence-corrected chi connectivity index (χ4v) is 2.61. The number of nitrogens with one attached hydrogen (secondary N) is 3. The van der Waals surface area contributed by atoms with Crippen LogP contribution in [0.25, 0.3) is 0 Å². The maximum absolute atomic E-state index is 11.4. The Morgan fingerprint density at radius 2 is 1.68 bits per heavy atom. The molecule has 0 aliphatic heterocycles. The Hall–Kier alpha value is -3.94. The van der Waals surface area contributed by atoms with Crippen LogP contribution in [0.5, 0.6) is 0 Å². The van der Waals surface area contributed by atoms with Gasteiger partial charge in [-0.25, -0.2) is 9.78 Å². The van der Waals surface area contributed by atoms with Gasteiger partial charge in [0.2, 0.25) is 11.9 Å². The van der Waals surface area contributed by atoms with Crippen LogP contribution in [0.15, 0.2) is 54.6 Å². The highest BCUT2D eigenvalue weighted by molar-refractivity contribution is 5.95. The van der Waals surface area contributed by atoms with Crippen molar-refractivity contribution in [2.45, 2.75) is 13.8 Å². The number of aryl methyl sites for hydroxylation is 1. The average molecular weight is 377 g/mol. The van der Waals surface area contributed by atoms with Gasteiger partial charge in [-0.2, -0.15) is 4.98 Å². The molecule has 0 unspecified atom stereocenters. The molecule has 3 aromatic rings. The first-order chi connectivity index (χ1) is 13.4. The molecule has 0 aliphatic rings. The van der Waals surface area contributed by atoms with Gasteiger partial charge in [0.05, 0.1) is 11.3 Å². The van der Waals surface area contributed by atoms with Gasteiger partial charge in [-0.1, -0.05) is 18.2 Å². The van der Waals surface area contributed by atoms with E-state index in [1.807, 2.05) is 13.0 Å². The predicted octanol–water partition coefficient (Wildman–Crippen LogP) is 3.93. The molecule has 0 aliphatic carbocycles. The normalized spacial score (nSPS) is 10.2. The highest BCUT2D eigenvalue weighted by atomic mass is 16.4. The quantitative estimate of drug-likeness (QED) is 0.514. The van der Waals surface area contributed by atoms with E-state index >= 15 is 0 Å². The third-order valence-electron chi connectivity index (χ3n) is 3.71. The maximum atomic E-state index is 11.4. The third kappa shape index (κ3) is 4.82. The minimum atomic E-state index is -1.03. The maximum Gasteiger partial charge on any atom is 0.337 e. The van der Waals surface area contributed by atoms with Gasteiger partial charge in [0, 0.05) is 30.1 Å². The van der Waals surface area contributed by atoms with Gasteiger partial charge < -0.3 is 21.1 Å². The summed E-state index contributed by atoms with van der Waals surface area (Å²) >= 11 is 0. The van der Waals surface area contributed by atoms with Crippen molar-refractivity contribution in [2.75, 3.05) is 16.0 Å². The van der Waals surface area contributed by atoms with E-state index in [9.17, 15) is 14.7 Å². The monoisotopic (exact) mass is 377 g/mol. The number of carboxylic acids is 1. The molecule has 0 spiro atoms. The topological polar surface area (TPSA) is 116 Å². The van der Waals surface area contributed by atoms with Crippen molar-refractivity contribution < 1.29 is 14.7 Å². The van der Waals surface area contributed by atoms with Crippen LogP contribution in [0.1, 0.15) is 23.0 Å². The van der Waals surface area contributed by atoms with E-state index in [0.717, 1.165) is 0 Å². The molecule has 0 saturated heterocycles. The van der Waals surface area contributed by atoms with Gasteiger partial charge in [-0.15, -0.1) is 0 Å². The summed E-state index contributed by atoms with van der Waals surface area (Å²) in [5, 5.41) is 18.2. The van der Waals surface area contributed by atoms with E-state index in [4.69, 9.17) is 0 Å². The van der Waals surface area contributed by atoms with E-state index in [-0.39, 0.29) is 11.5 Å². The largest absolute Gasteiger partial charge is 0.478 e. The standard InChI is InChI=1S/C20H19N5O3/c1-12-10-18(24-17-9-4-3-8-16(17)19(27)28)25-20(21-12)23-15-7-5-6-14(11-15)22-13(2)26/h3-11H,1-2H3,(H,22,26)(H,27,28)(H2,21,23,24,25). The molecule has 0 bridgehead atoms. The fraction of sp³-hybridized carbons (Fsp3) is 0.100. The van der Waals surface area contributed by atoms with Crippen LogP contribution in [-0.4, -0.2) is 27.0 Å². The van der Waals surface area contributed by atoms with Gasteiger partial charge >= 0.3 is 5.97 Å². The lowest BCUT2D eigenvalue weighted by Gasteiger charge is -2.12. The Balaban J connectivity index is 1.85. The molecular weight excluding hydrogens is 358 g/mol. The Morgan fingerprint density at radius 3 is 2.43 bits per heavy atom. The van der Waals surface area contributed by atoms with Gasteiger partial charge in [-0.05, 0) is 37.3 Å². The Labute approximate surface area is 161 Å². The first-order valence-electron chi connectivity index (χ1n) is 8.50. The number of para-hydroxylation sites is 1. The van der Waals surface area contributed by atoms with Crippen LogP contribution in [-0.2, 0) is 4.79 Å². The van der Waals surface area contributed by atoms with Gasteiger partial charge in [0.1, 0.15) is 5.82 Å². The minimum absolute atomic E-state index is 0.149. The lowest BCUT2D eigenvalue weighted by atomic mass is 10.2. The summed E-state index contributed by atoms with van der Waals surface area (Å²) in [6.07, 6.45) is 0. The molecule has 1 amide bonds. The lowest BCUT2D eigenvalue weighted by Crippen LogP contribution is -2.07. The number of aromatic nitrogens is 2. The summed E-state index contributed by atoms with van der Waals surface area (Å²) in [4.78, 5) is 31.3. The summed E-state index contributed by atoms with van der Waals surface area (Å²) < 4.78 is 0. The van der Waals surface area contributed by atoms with Crippen LogP contribution in [0.3, 0.4) is 0 Å². The zero-order valence-electron chi connectivity index (χ0n) is 15.4. The van der Waals surface area contributed by atoms with Crippen molar-refractivity contribution in [1.82, 2.24) is 9.97 Å². The molecule has 0 atom stereocenters. The third-order valence-corrected chi connectivity index (χ3v) is 3.71. The fourth-order valence-electron chi connectivity index (χ4n) is 2.61. The van der Waals surface area contributed by atoms with Crippen LogP contribution in [0.2, 0.25) is 0 Å². The van der Waals surface area contributed by atoms with Gasteiger partial charge in [0.25, 0.3) is 0 Å². The summed E-state index contributed by atoms with van der Waals surface area (Å²) in [7, 11) is 0.